The van der Waals surface area contributed by atoms with Crippen molar-refractivity contribution in [3.8, 4) is 5.75 Å². The number of nitro groups is 1. The summed E-state index contributed by atoms with van der Waals surface area (Å²) in [6.45, 7) is 1.59. The SMILES string of the molecule is Cc1occc1C(=O)Nc1c(O)cccc1[N+](=O)[O-]. The Bertz CT molecular complexity index is 647. The Kier molecular flexibility index (Phi) is 3.19. The highest BCUT2D eigenvalue weighted by Crippen LogP contribution is 2.33. The zero-order chi connectivity index (χ0) is 14.0. The molecule has 2 rings (SSSR count). The smallest absolute Gasteiger partial charge is 0.296 e. The van der Waals surface area contributed by atoms with Crippen molar-refractivity contribution in [3.05, 3.63) is 52.0 Å². The van der Waals surface area contributed by atoms with E-state index in [1.54, 1.807) is 6.92 Å². The molecule has 0 saturated carbocycles. The summed E-state index contributed by atoms with van der Waals surface area (Å²) in [5, 5.41) is 22.8. The minimum atomic E-state index is -0.683. The Hall–Kier alpha value is -2.83. The van der Waals surface area contributed by atoms with Crippen LogP contribution in [0.15, 0.2) is 34.9 Å². The van der Waals surface area contributed by atoms with Crippen LogP contribution in [-0.2, 0) is 0 Å². The lowest BCUT2D eigenvalue weighted by Gasteiger charge is -2.07. The first-order chi connectivity index (χ1) is 9.00. The number of hydrogen-bond acceptors (Lipinski definition) is 5. The molecule has 0 spiro atoms. The van der Waals surface area contributed by atoms with Gasteiger partial charge in [0.25, 0.3) is 11.6 Å². The fourth-order valence-electron chi connectivity index (χ4n) is 1.61. The molecule has 1 amide bonds. The number of furan rings is 1. The number of para-hydroxylation sites is 1. The second-order valence-electron chi connectivity index (χ2n) is 3.77. The van der Waals surface area contributed by atoms with E-state index in [9.17, 15) is 20.0 Å². The van der Waals surface area contributed by atoms with Gasteiger partial charge in [0.1, 0.15) is 11.5 Å². The molecule has 1 aromatic carbocycles. The van der Waals surface area contributed by atoms with Gasteiger partial charge < -0.3 is 14.8 Å². The molecule has 0 fully saturated rings. The number of amides is 1. The number of nitrogens with one attached hydrogen (secondary N) is 1. The standard InChI is InChI=1S/C12H10N2O5/c1-7-8(5-6-19-7)12(16)13-11-9(14(17)18)3-2-4-10(11)15/h2-6,15H,1H3,(H,13,16). The lowest BCUT2D eigenvalue weighted by Crippen LogP contribution is -2.13. The van der Waals surface area contributed by atoms with Crippen molar-refractivity contribution in [1.82, 2.24) is 0 Å². The molecule has 7 heteroatoms. The molecule has 0 atom stereocenters. The van der Waals surface area contributed by atoms with Crippen LogP contribution in [0.5, 0.6) is 5.75 Å². The fourth-order valence-corrected chi connectivity index (χ4v) is 1.61. The Labute approximate surface area is 107 Å². The summed E-state index contributed by atoms with van der Waals surface area (Å²) in [6.07, 6.45) is 1.34. The number of benzene rings is 1. The van der Waals surface area contributed by atoms with Gasteiger partial charge in [-0.15, -0.1) is 0 Å². The first-order valence-corrected chi connectivity index (χ1v) is 5.32. The van der Waals surface area contributed by atoms with Crippen molar-refractivity contribution in [3.63, 3.8) is 0 Å². The quantitative estimate of drug-likeness (QED) is 0.502. The third-order valence-electron chi connectivity index (χ3n) is 2.56. The van der Waals surface area contributed by atoms with Crippen LogP contribution >= 0.6 is 0 Å². The van der Waals surface area contributed by atoms with Crippen LogP contribution in [0.4, 0.5) is 11.4 Å². The fraction of sp³-hybridized carbons (Fsp3) is 0.0833. The summed E-state index contributed by atoms with van der Waals surface area (Å²) >= 11 is 0. The van der Waals surface area contributed by atoms with E-state index in [1.165, 1.54) is 30.5 Å². The maximum absolute atomic E-state index is 11.9. The monoisotopic (exact) mass is 262 g/mol. The molecule has 7 nitrogen and oxygen atoms in total. The van der Waals surface area contributed by atoms with E-state index in [0.29, 0.717) is 5.76 Å². The highest BCUT2D eigenvalue weighted by molar-refractivity contribution is 6.06. The molecule has 0 aliphatic heterocycles. The summed E-state index contributed by atoms with van der Waals surface area (Å²) in [5.41, 5.74) is -0.370. The first kappa shape index (κ1) is 12.6. The lowest BCUT2D eigenvalue weighted by molar-refractivity contribution is -0.384. The molecule has 19 heavy (non-hydrogen) atoms. The molecule has 2 N–H and O–H groups in total. The van der Waals surface area contributed by atoms with E-state index in [1.807, 2.05) is 0 Å². The zero-order valence-electron chi connectivity index (χ0n) is 9.91. The van der Waals surface area contributed by atoms with Gasteiger partial charge in [0.2, 0.25) is 0 Å². The minimum absolute atomic E-state index is 0.238. The third-order valence-corrected chi connectivity index (χ3v) is 2.56. The van der Waals surface area contributed by atoms with Crippen LogP contribution < -0.4 is 5.32 Å². The number of phenols is 1. The minimum Gasteiger partial charge on any atom is -0.505 e. The molecule has 0 aliphatic carbocycles. The van der Waals surface area contributed by atoms with Gasteiger partial charge in [0.15, 0.2) is 5.69 Å². The highest BCUT2D eigenvalue weighted by atomic mass is 16.6. The van der Waals surface area contributed by atoms with Gasteiger partial charge in [-0.05, 0) is 19.1 Å². The summed E-state index contributed by atoms with van der Waals surface area (Å²) in [5.74, 6) is -0.574. The van der Waals surface area contributed by atoms with Gasteiger partial charge >= 0.3 is 0 Å². The third kappa shape index (κ3) is 2.39. The van der Waals surface area contributed by atoms with Crippen LogP contribution in [-0.4, -0.2) is 15.9 Å². The molecule has 0 aliphatic rings. The molecular weight excluding hydrogens is 252 g/mol. The van der Waals surface area contributed by atoms with Crippen molar-refractivity contribution in [2.45, 2.75) is 6.92 Å². The predicted octanol–water partition coefficient (Wildman–Crippen LogP) is 2.45. The van der Waals surface area contributed by atoms with E-state index < -0.39 is 10.8 Å². The van der Waals surface area contributed by atoms with Crippen molar-refractivity contribution in [2.75, 3.05) is 5.32 Å². The van der Waals surface area contributed by atoms with Crippen molar-refractivity contribution >= 4 is 17.3 Å². The van der Waals surface area contributed by atoms with E-state index >= 15 is 0 Å². The van der Waals surface area contributed by atoms with E-state index in [-0.39, 0.29) is 22.7 Å². The van der Waals surface area contributed by atoms with Gasteiger partial charge in [-0.1, -0.05) is 6.07 Å². The van der Waals surface area contributed by atoms with Gasteiger partial charge in [-0.3, -0.25) is 14.9 Å². The van der Waals surface area contributed by atoms with Crippen molar-refractivity contribution in [2.24, 2.45) is 0 Å². The number of aryl methyl sites for hydroxylation is 1. The average molecular weight is 262 g/mol. The number of phenolic OH excluding ortho intramolecular Hbond substituents is 1. The summed E-state index contributed by atoms with van der Waals surface area (Å²) in [4.78, 5) is 22.1. The summed E-state index contributed by atoms with van der Waals surface area (Å²) < 4.78 is 4.97. The number of carbonyl (C=O) groups is 1. The van der Waals surface area contributed by atoms with Crippen LogP contribution in [0.3, 0.4) is 0 Å². The van der Waals surface area contributed by atoms with Gasteiger partial charge in [-0.2, -0.15) is 0 Å². The molecule has 1 heterocycles. The maximum atomic E-state index is 11.9. The number of rotatable bonds is 3. The van der Waals surface area contributed by atoms with Crippen LogP contribution in [0.25, 0.3) is 0 Å². The molecule has 0 unspecified atom stereocenters. The number of carbonyl (C=O) groups excluding carboxylic acids is 1. The zero-order valence-corrected chi connectivity index (χ0v) is 9.91. The lowest BCUT2D eigenvalue weighted by atomic mass is 10.2. The van der Waals surface area contributed by atoms with Crippen LogP contribution in [0, 0.1) is 17.0 Å². The number of anilines is 1. The molecule has 0 radical (unpaired) electrons. The Morgan fingerprint density at radius 2 is 2.16 bits per heavy atom. The van der Waals surface area contributed by atoms with Crippen molar-refractivity contribution in [1.29, 1.82) is 0 Å². The molecule has 0 bridgehead atoms. The van der Waals surface area contributed by atoms with Gasteiger partial charge in [0.05, 0.1) is 16.7 Å². The van der Waals surface area contributed by atoms with E-state index in [4.69, 9.17) is 4.42 Å². The molecule has 1 aromatic heterocycles. The van der Waals surface area contributed by atoms with E-state index in [2.05, 4.69) is 5.32 Å². The normalized spacial score (nSPS) is 10.2. The molecule has 0 saturated heterocycles. The predicted molar refractivity (Wildman–Crippen MR) is 66.2 cm³/mol. The van der Waals surface area contributed by atoms with Crippen molar-refractivity contribution < 1.29 is 19.2 Å². The Morgan fingerprint density at radius 1 is 1.42 bits per heavy atom. The molecular formula is C12H10N2O5. The van der Waals surface area contributed by atoms with Gasteiger partial charge in [-0.25, -0.2) is 0 Å². The molecule has 2 aromatic rings. The maximum Gasteiger partial charge on any atom is 0.296 e. The van der Waals surface area contributed by atoms with Crippen LogP contribution in [0.1, 0.15) is 16.1 Å². The Balaban J connectivity index is 2.36. The number of aromatic hydroxyl groups is 1. The molecule has 98 valence electrons. The highest BCUT2D eigenvalue weighted by Gasteiger charge is 2.21. The van der Waals surface area contributed by atoms with Gasteiger partial charge in [0, 0.05) is 6.07 Å². The Morgan fingerprint density at radius 3 is 2.74 bits per heavy atom. The topological polar surface area (TPSA) is 106 Å². The second kappa shape index (κ2) is 4.81. The number of hydrogen-bond donors (Lipinski definition) is 2. The number of nitro benzene ring substituents is 1. The summed E-state index contributed by atoms with van der Waals surface area (Å²) in [7, 11) is 0. The average Bonchev–Trinajstić information content (AvgIpc) is 2.77. The second-order valence-corrected chi connectivity index (χ2v) is 3.77. The van der Waals surface area contributed by atoms with E-state index in [0.717, 1.165) is 0 Å². The van der Waals surface area contributed by atoms with Crippen LogP contribution in [0.2, 0.25) is 0 Å². The number of nitrogens with zero attached hydrogens (tertiary/aromatic N) is 1. The first-order valence-electron chi connectivity index (χ1n) is 5.32. The largest absolute Gasteiger partial charge is 0.505 e. The summed E-state index contributed by atoms with van der Waals surface area (Å²) in [6, 6.07) is 5.21.